The number of carbonyl (C=O) groups is 2. The van der Waals surface area contributed by atoms with Crippen LogP contribution in [0.5, 0.6) is 17.2 Å². The van der Waals surface area contributed by atoms with Crippen molar-refractivity contribution in [2.45, 2.75) is 6.92 Å². The molecule has 2 aromatic carbocycles. The van der Waals surface area contributed by atoms with Crippen LogP contribution in [0.2, 0.25) is 5.02 Å². The standard InChI is InChI=1S/C21H22ClN3O5/c1-3-9-29-18-7-5-14(11-19(18)28-4-2)21(27)25-24-12-15-10-16(22)6-8-17(15)30-13-20(23)26/h3,5-8,10-12H,1,4,9,13H2,2H3,(H2,23,26)(H,25,27)/b24-12+. The summed E-state index contributed by atoms with van der Waals surface area (Å²) in [5, 5.41) is 4.37. The molecular weight excluding hydrogens is 410 g/mol. The number of primary amides is 1. The summed E-state index contributed by atoms with van der Waals surface area (Å²) in [6, 6.07) is 9.54. The lowest BCUT2D eigenvalue weighted by Gasteiger charge is -2.12. The van der Waals surface area contributed by atoms with Crippen LogP contribution in [0.1, 0.15) is 22.8 Å². The Hall–Kier alpha value is -3.52. The van der Waals surface area contributed by atoms with Gasteiger partial charge >= 0.3 is 0 Å². The molecule has 0 spiro atoms. The first kappa shape index (κ1) is 22.8. The molecule has 0 fully saturated rings. The number of ether oxygens (including phenoxy) is 3. The van der Waals surface area contributed by atoms with Crippen molar-refractivity contribution < 1.29 is 23.8 Å². The highest BCUT2D eigenvalue weighted by atomic mass is 35.5. The van der Waals surface area contributed by atoms with Crippen LogP contribution in [0.15, 0.2) is 54.2 Å². The maximum Gasteiger partial charge on any atom is 0.271 e. The average Bonchev–Trinajstić information content (AvgIpc) is 2.72. The second kappa shape index (κ2) is 11.5. The Labute approximate surface area is 179 Å². The molecule has 3 N–H and O–H groups in total. The highest BCUT2D eigenvalue weighted by Crippen LogP contribution is 2.28. The molecule has 0 aliphatic heterocycles. The molecule has 0 aromatic heterocycles. The molecule has 0 saturated carbocycles. The minimum atomic E-state index is -0.619. The minimum Gasteiger partial charge on any atom is -0.490 e. The summed E-state index contributed by atoms with van der Waals surface area (Å²) >= 11 is 5.99. The van der Waals surface area contributed by atoms with Gasteiger partial charge in [0.2, 0.25) is 0 Å². The van der Waals surface area contributed by atoms with Gasteiger partial charge < -0.3 is 19.9 Å². The second-order valence-electron chi connectivity index (χ2n) is 5.83. The Morgan fingerprint density at radius 1 is 1.13 bits per heavy atom. The first-order chi connectivity index (χ1) is 14.4. The lowest BCUT2D eigenvalue weighted by Crippen LogP contribution is -2.20. The molecule has 30 heavy (non-hydrogen) atoms. The van der Waals surface area contributed by atoms with Crippen LogP contribution in [0.4, 0.5) is 0 Å². The number of nitrogens with one attached hydrogen (secondary N) is 1. The molecule has 0 heterocycles. The van der Waals surface area contributed by atoms with Crippen molar-refractivity contribution in [1.82, 2.24) is 5.43 Å². The fourth-order valence-electron chi connectivity index (χ4n) is 2.31. The molecule has 9 heteroatoms. The Balaban J connectivity index is 2.12. The van der Waals surface area contributed by atoms with Gasteiger partial charge in [-0.05, 0) is 43.3 Å². The Kier molecular flexibility index (Phi) is 8.71. The van der Waals surface area contributed by atoms with Gasteiger partial charge in [-0.1, -0.05) is 24.3 Å². The molecule has 2 aromatic rings. The summed E-state index contributed by atoms with van der Waals surface area (Å²) in [5.74, 6) is 0.217. The van der Waals surface area contributed by atoms with Gasteiger partial charge in [-0.2, -0.15) is 5.10 Å². The third kappa shape index (κ3) is 6.82. The largest absolute Gasteiger partial charge is 0.490 e. The molecule has 2 amide bonds. The fourth-order valence-corrected chi connectivity index (χ4v) is 2.49. The number of hydrogen-bond acceptors (Lipinski definition) is 6. The van der Waals surface area contributed by atoms with Crippen LogP contribution in [-0.2, 0) is 4.79 Å². The normalized spacial score (nSPS) is 10.5. The maximum atomic E-state index is 12.4. The van der Waals surface area contributed by atoms with E-state index >= 15 is 0 Å². The van der Waals surface area contributed by atoms with Crippen molar-refractivity contribution in [2.75, 3.05) is 19.8 Å². The zero-order valence-electron chi connectivity index (χ0n) is 16.4. The second-order valence-corrected chi connectivity index (χ2v) is 6.27. The van der Waals surface area contributed by atoms with E-state index in [0.717, 1.165) is 0 Å². The van der Waals surface area contributed by atoms with Crippen LogP contribution in [0.3, 0.4) is 0 Å². The van der Waals surface area contributed by atoms with E-state index in [0.29, 0.717) is 46.6 Å². The first-order valence-electron chi connectivity index (χ1n) is 8.99. The van der Waals surface area contributed by atoms with Gasteiger partial charge in [0.05, 0.1) is 12.8 Å². The lowest BCUT2D eigenvalue weighted by atomic mass is 10.2. The summed E-state index contributed by atoms with van der Waals surface area (Å²) in [6.07, 6.45) is 2.97. The maximum absolute atomic E-state index is 12.4. The SMILES string of the molecule is C=CCOc1ccc(C(=O)N/N=C/c2cc(Cl)ccc2OCC(N)=O)cc1OCC. The molecule has 0 saturated heterocycles. The zero-order chi connectivity index (χ0) is 21.9. The zero-order valence-corrected chi connectivity index (χ0v) is 17.1. The fraction of sp³-hybridized carbons (Fsp3) is 0.190. The van der Waals surface area contributed by atoms with E-state index in [1.807, 2.05) is 6.92 Å². The van der Waals surface area contributed by atoms with Crippen molar-refractivity contribution in [1.29, 1.82) is 0 Å². The highest BCUT2D eigenvalue weighted by Gasteiger charge is 2.11. The molecule has 158 valence electrons. The average molecular weight is 432 g/mol. The van der Waals surface area contributed by atoms with Crippen molar-refractivity contribution in [3.8, 4) is 17.2 Å². The van der Waals surface area contributed by atoms with Gasteiger partial charge in [0.15, 0.2) is 18.1 Å². The van der Waals surface area contributed by atoms with Crippen LogP contribution < -0.4 is 25.4 Å². The predicted molar refractivity (Wildman–Crippen MR) is 115 cm³/mol. The number of nitrogens with two attached hydrogens (primary N) is 1. The van der Waals surface area contributed by atoms with Gasteiger partial charge in [-0.3, -0.25) is 9.59 Å². The summed E-state index contributed by atoms with van der Waals surface area (Å²) in [5.41, 5.74) is 8.31. The number of amides is 2. The molecule has 0 atom stereocenters. The van der Waals surface area contributed by atoms with E-state index in [2.05, 4.69) is 17.1 Å². The van der Waals surface area contributed by atoms with Gasteiger partial charge in [0.25, 0.3) is 11.8 Å². The molecule has 0 bridgehead atoms. The minimum absolute atomic E-state index is 0.296. The molecule has 0 aliphatic rings. The molecule has 2 rings (SSSR count). The number of hydrazone groups is 1. The lowest BCUT2D eigenvalue weighted by molar-refractivity contribution is -0.119. The molecular formula is C21H22ClN3O5. The summed E-state index contributed by atoms with van der Waals surface area (Å²) in [4.78, 5) is 23.4. The van der Waals surface area contributed by atoms with Gasteiger partial charge in [-0.25, -0.2) is 5.43 Å². The van der Waals surface area contributed by atoms with Crippen LogP contribution >= 0.6 is 11.6 Å². The Bertz CT molecular complexity index is 946. The van der Waals surface area contributed by atoms with Crippen molar-refractivity contribution >= 4 is 29.6 Å². The topological polar surface area (TPSA) is 112 Å². The predicted octanol–water partition coefficient (Wildman–Crippen LogP) is 2.93. The summed E-state index contributed by atoms with van der Waals surface area (Å²) in [7, 11) is 0. The number of hydrogen-bond donors (Lipinski definition) is 2. The van der Waals surface area contributed by atoms with E-state index in [9.17, 15) is 9.59 Å². The van der Waals surface area contributed by atoms with E-state index in [1.165, 1.54) is 6.21 Å². The van der Waals surface area contributed by atoms with Crippen LogP contribution in [-0.4, -0.2) is 37.8 Å². The summed E-state index contributed by atoms with van der Waals surface area (Å²) < 4.78 is 16.3. The van der Waals surface area contributed by atoms with Gasteiger partial charge in [0, 0.05) is 16.1 Å². The number of carbonyl (C=O) groups excluding carboxylic acids is 2. The molecule has 0 radical (unpaired) electrons. The van der Waals surface area contributed by atoms with E-state index in [1.54, 1.807) is 42.5 Å². The molecule has 8 nitrogen and oxygen atoms in total. The Morgan fingerprint density at radius 3 is 2.60 bits per heavy atom. The van der Waals surface area contributed by atoms with Crippen LogP contribution in [0, 0.1) is 0 Å². The quantitative estimate of drug-likeness (QED) is 0.322. The smallest absolute Gasteiger partial charge is 0.271 e. The number of benzene rings is 2. The first-order valence-corrected chi connectivity index (χ1v) is 9.37. The van der Waals surface area contributed by atoms with Gasteiger partial charge in [-0.15, -0.1) is 0 Å². The number of rotatable bonds is 11. The third-order valence-corrected chi connectivity index (χ3v) is 3.81. The molecule has 0 aliphatic carbocycles. The number of nitrogens with zero attached hydrogens (tertiary/aromatic N) is 1. The summed E-state index contributed by atoms with van der Waals surface area (Å²) in [6.45, 7) is 5.86. The van der Waals surface area contributed by atoms with Crippen molar-refractivity contribution in [3.05, 3.63) is 65.2 Å². The van der Waals surface area contributed by atoms with Crippen molar-refractivity contribution in [2.24, 2.45) is 10.8 Å². The molecule has 0 unspecified atom stereocenters. The van der Waals surface area contributed by atoms with Crippen LogP contribution in [0.25, 0.3) is 0 Å². The van der Waals surface area contributed by atoms with E-state index in [-0.39, 0.29) is 6.61 Å². The Morgan fingerprint density at radius 2 is 1.90 bits per heavy atom. The monoisotopic (exact) mass is 431 g/mol. The number of halogens is 1. The third-order valence-electron chi connectivity index (χ3n) is 3.57. The van der Waals surface area contributed by atoms with Gasteiger partial charge in [0.1, 0.15) is 12.4 Å². The van der Waals surface area contributed by atoms with Crippen molar-refractivity contribution in [3.63, 3.8) is 0 Å². The highest BCUT2D eigenvalue weighted by molar-refractivity contribution is 6.30. The van der Waals surface area contributed by atoms with E-state index in [4.69, 9.17) is 31.5 Å². The van der Waals surface area contributed by atoms with E-state index < -0.39 is 11.8 Å².